The predicted octanol–water partition coefficient (Wildman–Crippen LogP) is 2.64. The summed E-state index contributed by atoms with van der Waals surface area (Å²) in [6, 6.07) is 0. The molecule has 1 saturated heterocycles. The van der Waals surface area contributed by atoms with Crippen LogP contribution in [-0.2, 0) is 15.1 Å². The molecule has 1 aromatic rings. The monoisotopic (exact) mass is 399 g/mol. The van der Waals surface area contributed by atoms with Crippen molar-refractivity contribution < 1.29 is 9.53 Å². The van der Waals surface area contributed by atoms with Crippen molar-refractivity contribution in [1.82, 2.24) is 19.9 Å². The number of carbonyl (C=O) groups excluding carboxylic acids is 1. The van der Waals surface area contributed by atoms with Crippen LogP contribution in [0.5, 0.6) is 0 Å². The molecule has 4 bridgehead atoms. The number of amides is 1. The van der Waals surface area contributed by atoms with E-state index in [9.17, 15) is 4.79 Å². The lowest BCUT2D eigenvalue weighted by molar-refractivity contribution is -0.121. The molecule has 2 heterocycles. The van der Waals surface area contributed by atoms with Gasteiger partial charge in [-0.3, -0.25) is 9.69 Å². The molecule has 1 aliphatic heterocycles. The molecule has 0 atom stereocenters. The Bertz CT molecular complexity index is 745. The topological polar surface area (TPSA) is 72.3 Å². The average molecular weight is 400 g/mol. The van der Waals surface area contributed by atoms with E-state index in [2.05, 4.69) is 25.2 Å². The van der Waals surface area contributed by atoms with Gasteiger partial charge in [-0.15, -0.1) is 5.10 Å². The van der Waals surface area contributed by atoms with Gasteiger partial charge in [0, 0.05) is 13.1 Å². The third-order valence-electron chi connectivity index (χ3n) is 8.57. The van der Waals surface area contributed by atoms with Gasteiger partial charge in [-0.05, 0) is 82.1 Å². The Labute approximate surface area is 172 Å². The zero-order valence-electron chi connectivity index (χ0n) is 17.3. The molecule has 7 rings (SSSR count). The fraction of sp³-hybridized carbons (Fsp3) is 0.864. The molecule has 29 heavy (non-hydrogen) atoms. The quantitative estimate of drug-likeness (QED) is 0.796. The lowest BCUT2D eigenvalue weighted by Gasteiger charge is -2.56. The molecule has 6 aliphatic rings. The van der Waals surface area contributed by atoms with Crippen LogP contribution in [0.2, 0.25) is 0 Å². The number of ether oxygens (including phenoxy) is 1. The number of nitrogens with one attached hydrogen (secondary N) is 1. The number of nitrogens with zero attached hydrogens (tertiary/aromatic N) is 4. The summed E-state index contributed by atoms with van der Waals surface area (Å²) < 4.78 is 7.55. The maximum atomic E-state index is 13.0. The van der Waals surface area contributed by atoms with Crippen LogP contribution in [0.3, 0.4) is 0 Å². The standard InChI is InChI=1S/C22H33N5O2/c28-20(21(1-2-21)3-4-26-5-7-29-8-6-26)23-19-15-27(25-24-19)22-12-16-9-17(13-22)11-18(10-16)14-22/h15-18H,1-14H2,(H,23,28). The molecule has 6 fully saturated rings. The van der Waals surface area contributed by atoms with Crippen molar-refractivity contribution in [3.05, 3.63) is 6.20 Å². The first-order valence-electron chi connectivity index (χ1n) is 11.7. The van der Waals surface area contributed by atoms with Crippen molar-refractivity contribution in [3.63, 3.8) is 0 Å². The van der Waals surface area contributed by atoms with Crippen LogP contribution in [-0.4, -0.2) is 58.6 Å². The predicted molar refractivity (Wildman–Crippen MR) is 108 cm³/mol. The second kappa shape index (κ2) is 6.77. The van der Waals surface area contributed by atoms with E-state index < -0.39 is 0 Å². The Morgan fingerprint density at radius 1 is 1.10 bits per heavy atom. The Morgan fingerprint density at radius 2 is 1.76 bits per heavy atom. The number of carbonyl (C=O) groups is 1. The van der Waals surface area contributed by atoms with E-state index in [1.807, 2.05) is 6.20 Å². The molecular formula is C22H33N5O2. The number of hydrogen-bond donors (Lipinski definition) is 1. The highest BCUT2D eigenvalue weighted by Gasteiger charge is 2.53. The highest BCUT2D eigenvalue weighted by Crippen LogP contribution is 2.58. The lowest BCUT2D eigenvalue weighted by atomic mass is 9.53. The first kappa shape index (κ1) is 18.3. The molecule has 1 aromatic heterocycles. The number of rotatable bonds is 6. The fourth-order valence-electron chi connectivity index (χ4n) is 7.09. The van der Waals surface area contributed by atoms with Gasteiger partial charge in [0.05, 0.1) is 30.4 Å². The molecular weight excluding hydrogens is 366 g/mol. The summed E-state index contributed by atoms with van der Waals surface area (Å²) in [5.41, 5.74) is -0.0267. The van der Waals surface area contributed by atoms with Gasteiger partial charge in [-0.2, -0.15) is 0 Å². The molecule has 7 nitrogen and oxygen atoms in total. The third-order valence-corrected chi connectivity index (χ3v) is 8.57. The van der Waals surface area contributed by atoms with Crippen molar-refractivity contribution in [2.24, 2.45) is 23.2 Å². The Balaban J connectivity index is 1.10. The van der Waals surface area contributed by atoms with Gasteiger partial charge in [0.2, 0.25) is 5.91 Å². The van der Waals surface area contributed by atoms with Crippen molar-refractivity contribution in [1.29, 1.82) is 0 Å². The van der Waals surface area contributed by atoms with E-state index in [0.717, 1.165) is 69.9 Å². The van der Waals surface area contributed by atoms with Crippen LogP contribution in [0, 0.1) is 23.2 Å². The normalized spacial score (nSPS) is 37.6. The van der Waals surface area contributed by atoms with E-state index in [-0.39, 0.29) is 16.9 Å². The van der Waals surface area contributed by atoms with E-state index in [0.29, 0.717) is 5.82 Å². The first-order valence-corrected chi connectivity index (χ1v) is 11.7. The summed E-state index contributed by atoms with van der Waals surface area (Å²) in [5, 5.41) is 12.0. The van der Waals surface area contributed by atoms with Crippen LogP contribution in [0.25, 0.3) is 0 Å². The molecule has 0 unspecified atom stereocenters. The van der Waals surface area contributed by atoms with Crippen LogP contribution < -0.4 is 5.32 Å². The molecule has 158 valence electrons. The minimum atomic E-state index is -0.192. The molecule has 1 N–H and O–H groups in total. The van der Waals surface area contributed by atoms with Crippen molar-refractivity contribution in [3.8, 4) is 0 Å². The van der Waals surface area contributed by atoms with Crippen LogP contribution in [0.15, 0.2) is 6.20 Å². The van der Waals surface area contributed by atoms with Crippen LogP contribution in [0.4, 0.5) is 5.82 Å². The number of morpholine rings is 1. The molecule has 1 amide bonds. The second-order valence-electron chi connectivity index (χ2n) is 10.6. The van der Waals surface area contributed by atoms with E-state index in [1.165, 1.54) is 38.5 Å². The summed E-state index contributed by atoms with van der Waals surface area (Å²) in [5.74, 6) is 3.40. The van der Waals surface area contributed by atoms with Crippen molar-refractivity contribution in [2.45, 2.75) is 63.3 Å². The zero-order chi connectivity index (χ0) is 19.5. The minimum absolute atomic E-state index is 0.142. The molecule has 5 aliphatic carbocycles. The SMILES string of the molecule is O=C(Nc1cn(C23CC4CC(CC(C4)C2)C3)nn1)C1(CCN2CCOCC2)CC1. The van der Waals surface area contributed by atoms with Crippen LogP contribution in [0.1, 0.15) is 57.8 Å². The summed E-state index contributed by atoms with van der Waals surface area (Å²) in [6.07, 6.45) is 12.9. The van der Waals surface area contributed by atoms with E-state index in [1.54, 1.807) is 0 Å². The van der Waals surface area contributed by atoms with Crippen LogP contribution >= 0.6 is 0 Å². The van der Waals surface area contributed by atoms with E-state index >= 15 is 0 Å². The third kappa shape index (κ3) is 3.30. The molecule has 0 aromatic carbocycles. The summed E-state index contributed by atoms with van der Waals surface area (Å²) in [6.45, 7) is 4.57. The molecule has 0 radical (unpaired) electrons. The van der Waals surface area contributed by atoms with Gasteiger partial charge in [0.15, 0.2) is 5.82 Å². The molecule has 0 spiro atoms. The number of hydrogen-bond acceptors (Lipinski definition) is 5. The molecule has 5 saturated carbocycles. The average Bonchev–Trinajstić information content (AvgIpc) is 3.36. The molecule has 7 heteroatoms. The number of anilines is 1. The van der Waals surface area contributed by atoms with Gasteiger partial charge in [0.1, 0.15) is 0 Å². The van der Waals surface area contributed by atoms with Gasteiger partial charge >= 0.3 is 0 Å². The first-order chi connectivity index (χ1) is 14.1. The Morgan fingerprint density at radius 3 is 2.38 bits per heavy atom. The van der Waals surface area contributed by atoms with Gasteiger partial charge in [0.25, 0.3) is 0 Å². The highest BCUT2D eigenvalue weighted by molar-refractivity contribution is 5.96. The van der Waals surface area contributed by atoms with Gasteiger partial charge in [-0.25, -0.2) is 4.68 Å². The maximum Gasteiger partial charge on any atom is 0.231 e. The number of aromatic nitrogens is 3. The van der Waals surface area contributed by atoms with Gasteiger partial charge < -0.3 is 10.1 Å². The Kier molecular flexibility index (Phi) is 4.28. The smallest absolute Gasteiger partial charge is 0.231 e. The summed E-state index contributed by atoms with van der Waals surface area (Å²) in [4.78, 5) is 15.4. The van der Waals surface area contributed by atoms with E-state index in [4.69, 9.17) is 4.74 Å². The summed E-state index contributed by atoms with van der Waals surface area (Å²) in [7, 11) is 0. The Hall–Kier alpha value is -1.47. The minimum Gasteiger partial charge on any atom is -0.379 e. The lowest BCUT2D eigenvalue weighted by Crippen LogP contribution is -2.52. The largest absolute Gasteiger partial charge is 0.379 e. The highest BCUT2D eigenvalue weighted by atomic mass is 16.5. The summed E-state index contributed by atoms with van der Waals surface area (Å²) >= 11 is 0. The van der Waals surface area contributed by atoms with Gasteiger partial charge in [-0.1, -0.05) is 5.21 Å². The zero-order valence-corrected chi connectivity index (χ0v) is 17.3. The van der Waals surface area contributed by atoms with Crippen molar-refractivity contribution in [2.75, 3.05) is 38.2 Å². The van der Waals surface area contributed by atoms with Crippen molar-refractivity contribution >= 4 is 11.7 Å². The fourth-order valence-corrected chi connectivity index (χ4v) is 7.09. The maximum absolute atomic E-state index is 13.0. The second-order valence-corrected chi connectivity index (χ2v) is 10.6.